The van der Waals surface area contributed by atoms with E-state index in [1.54, 1.807) is 6.92 Å². The lowest BCUT2D eigenvalue weighted by atomic mass is 10.0. The molecular formula is C15H33NO2. The summed E-state index contributed by atoms with van der Waals surface area (Å²) >= 11 is 0. The minimum absolute atomic E-state index is 0.0183. The molecule has 0 heterocycles. The number of ether oxygens (including phenoxy) is 1. The summed E-state index contributed by atoms with van der Waals surface area (Å²) in [6, 6.07) is 0. The number of carbonyl (C=O) groups is 1. The third-order valence-electron chi connectivity index (χ3n) is 2.46. The number of hydrogen-bond acceptors (Lipinski definition) is 2. The van der Waals surface area contributed by atoms with Gasteiger partial charge in [-0.3, -0.25) is 4.79 Å². The van der Waals surface area contributed by atoms with Crippen LogP contribution in [0.1, 0.15) is 67.7 Å². The predicted octanol–water partition coefficient (Wildman–Crippen LogP) is 3.77. The van der Waals surface area contributed by atoms with Gasteiger partial charge in [0, 0.05) is 25.7 Å². The van der Waals surface area contributed by atoms with E-state index < -0.39 is 0 Å². The van der Waals surface area contributed by atoms with Crippen LogP contribution in [0, 0.1) is 5.92 Å². The Bertz CT molecular complexity index is 201. The molecule has 1 amide bonds. The fourth-order valence-corrected chi connectivity index (χ4v) is 1.56. The average Bonchev–Trinajstić information content (AvgIpc) is 2.23. The minimum Gasteiger partial charge on any atom is -0.381 e. The maximum Gasteiger partial charge on any atom is 0.217 e. The summed E-state index contributed by atoms with van der Waals surface area (Å²) in [6.07, 6.45) is 3.20. The van der Waals surface area contributed by atoms with E-state index in [-0.39, 0.29) is 11.4 Å². The Morgan fingerprint density at radius 2 is 1.78 bits per heavy atom. The molecule has 0 saturated heterocycles. The van der Waals surface area contributed by atoms with E-state index in [0.717, 1.165) is 25.4 Å². The first kappa shape index (κ1) is 19.8. The number of nitrogens with one attached hydrogen (secondary N) is 1. The SMILES string of the molecule is CC.CC(=O)NC(C)(C)CCOCCCC(C)C. The molecule has 0 aromatic heterocycles. The number of hydrogen-bond donors (Lipinski definition) is 1. The van der Waals surface area contributed by atoms with Crippen molar-refractivity contribution in [2.24, 2.45) is 5.92 Å². The zero-order valence-electron chi connectivity index (χ0n) is 13.4. The molecule has 110 valence electrons. The molecule has 0 saturated carbocycles. The Morgan fingerprint density at radius 3 is 2.22 bits per heavy atom. The molecule has 0 unspecified atom stereocenters. The summed E-state index contributed by atoms with van der Waals surface area (Å²) < 4.78 is 5.55. The van der Waals surface area contributed by atoms with Gasteiger partial charge < -0.3 is 10.1 Å². The average molecular weight is 259 g/mol. The lowest BCUT2D eigenvalue weighted by Crippen LogP contribution is -2.43. The van der Waals surface area contributed by atoms with Crippen LogP contribution in [0.15, 0.2) is 0 Å². The number of amides is 1. The molecule has 0 aromatic rings. The molecule has 0 aliphatic carbocycles. The molecule has 18 heavy (non-hydrogen) atoms. The first-order valence-corrected chi connectivity index (χ1v) is 7.20. The van der Waals surface area contributed by atoms with Gasteiger partial charge in [0.15, 0.2) is 0 Å². The molecule has 0 spiro atoms. The molecule has 0 radical (unpaired) electrons. The third kappa shape index (κ3) is 15.4. The van der Waals surface area contributed by atoms with E-state index in [0.29, 0.717) is 6.61 Å². The maximum atomic E-state index is 10.9. The molecule has 0 aliphatic rings. The summed E-state index contributed by atoms with van der Waals surface area (Å²) in [5.74, 6) is 0.768. The fraction of sp³-hybridized carbons (Fsp3) is 0.933. The van der Waals surface area contributed by atoms with E-state index >= 15 is 0 Å². The van der Waals surface area contributed by atoms with E-state index in [2.05, 4.69) is 19.2 Å². The summed E-state index contributed by atoms with van der Waals surface area (Å²) in [5.41, 5.74) is -0.163. The lowest BCUT2D eigenvalue weighted by molar-refractivity contribution is -0.120. The first-order chi connectivity index (χ1) is 8.33. The number of carbonyl (C=O) groups excluding carboxylic acids is 1. The van der Waals surface area contributed by atoms with Crippen LogP contribution in [0.4, 0.5) is 0 Å². The highest BCUT2D eigenvalue weighted by atomic mass is 16.5. The highest BCUT2D eigenvalue weighted by molar-refractivity contribution is 5.73. The molecule has 0 fully saturated rings. The first-order valence-electron chi connectivity index (χ1n) is 7.20. The van der Waals surface area contributed by atoms with Gasteiger partial charge in [0.05, 0.1) is 0 Å². The van der Waals surface area contributed by atoms with E-state index in [1.807, 2.05) is 27.7 Å². The van der Waals surface area contributed by atoms with Crippen LogP contribution in [-0.4, -0.2) is 24.7 Å². The van der Waals surface area contributed by atoms with Crippen LogP contribution in [-0.2, 0) is 9.53 Å². The maximum absolute atomic E-state index is 10.9. The zero-order chi connectivity index (χ0) is 14.6. The fourth-order valence-electron chi connectivity index (χ4n) is 1.56. The van der Waals surface area contributed by atoms with E-state index in [9.17, 15) is 4.79 Å². The second-order valence-corrected chi connectivity index (χ2v) is 5.46. The van der Waals surface area contributed by atoms with Gasteiger partial charge in [-0.05, 0) is 39.0 Å². The van der Waals surface area contributed by atoms with Crippen molar-refractivity contribution in [2.75, 3.05) is 13.2 Å². The molecule has 3 nitrogen and oxygen atoms in total. The minimum atomic E-state index is -0.163. The molecule has 1 N–H and O–H groups in total. The smallest absolute Gasteiger partial charge is 0.217 e. The van der Waals surface area contributed by atoms with E-state index in [1.165, 1.54) is 6.42 Å². The van der Waals surface area contributed by atoms with Gasteiger partial charge in [-0.15, -0.1) is 0 Å². The molecule has 3 heteroatoms. The molecule has 0 bridgehead atoms. The van der Waals surface area contributed by atoms with Crippen molar-refractivity contribution in [2.45, 2.75) is 73.3 Å². The van der Waals surface area contributed by atoms with Crippen molar-refractivity contribution in [1.82, 2.24) is 5.32 Å². The molecule has 0 aromatic carbocycles. The van der Waals surface area contributed by atoms with Crippen LogP contribution in [0.25, 0.3) is 0 Å². The lowest BCUT2D eigenvalue weighted by Gasteiger charge is -2.25. The standard InChI is InChI=1S/C13H27NO2.C2H6/c1-11(2)7-6-9-16-10-8-13(4,5)14-12(3)15;1-2/h11H,6-10H2,1-5H3,(H,14,15);1-2H3. The van der Waals surface area contributed by atoms with Gasteiger partial charge in [-0.25, -0.2) is 0 Å². The van der Waals surface area contributed by atoms with Crippen LogP contribution in [0.2, 0.25) is 0 Å². The largest absolute Gasteiger partial charge is 0.381 e. The van der Waals surface area contributed by atoms with Crippen molar-refractivity contribution >= 4 is 5.91 Å². The van der Waals surface area contributed by atoms with Gasteiger partial charge in [0.1, 0.15) is 0 Å². The van der Waals surface area contributed by atoms with Crippen LogP contribution < -0.4 is 5.32 Å². The normalized spacial score (nSPS) is 10.9. The van der Waals surface area contributed by atoms with Crippen molar-refractivity contribution in [3.63, 3.8) is 0 Å². The van der Waals surface area contributed by atoms with Crippen molar-refractivity contribution in [1.29, 1.82) is 0 Å². The monoisotopic (exact) mass is 259 g/mol. The Hall–Kier alpha value is -0.570. The van der Waals surface area contributed by atoms with Gasteiger partial charge in [-0.1, -0.05) is 27.7 Å². The van der Waals surface area contributed by atoms with Crippen molar-refractivity contribution < 1.29 is 9.53 Å². The predicted molar refractivity (Wildman–Crippen MR) is 78.8 cm³/mol. The Labute approximate surface area is 114 Å². The Kier molecular flexibility index (Phi) is 12.6. The van der Waals surface area contributed by atoms with Crippen LogP contribution >= 0.6 is 0 Å². The molecule has 0 aliphatic heterocycles. The zero-order valence-corrected chi connectivity index (χ0v) is 13.4. The second kappa shape index (κ2) is 11.5. The highest BCUT2D eigenvalue weighted by Crippen LogP contribution is 2.09. The quantitative estimate of drug-likeness (QED) is 0.674. The number of rotatable bonds is 8. The Balaban J connectivity index is 0. The van der Waals surface area contributed by atoms with Crippen molar-refractivity contribution in [3.8, 4) is 0 Å². The molecule has 0 atom stereocenters. The van der Waals surface area contributed by atoms with Crippen molar-refractivity contribution in [3.05, 3.63) is 0 Å². The third-order valence-corrected chi connectivity index (χ3v) is 2.46. The highest BCUT2D eigenvalue weighted by Gasteiger charge is 2.17. The summed E-state index contributed by atoms with van der Waals surface area (Å²) in [6.45, 7) is 15.6. The van der Waals surface area contributed by atoms with Crippen LogP contribution in [0.3, 0.4) is 0 Å². The summed E-state index contributed by atoms with van der Waals surface area (Å²) in [4.78, 5) is 10.9. The molecule has 0 rings (SSSR count). The second-order valence-electron chi connectivity index (χ2n) is 5.46. The van der Waals surface area contributed by atoms with Gasteiger partial charge in [-0.2, -0.15) is 0 Å². The van der Waals surface area contributed by atoms with Gasteiger partial charge in [0.25, 0.3) is 0 Å². The van der Waals surface area contributed by atoms with E-state index in [4.69, 9.17) is 4.74 Å². The molecular weight excluding hydrogens is 226 g/mol. The topological polar surface area (TPSA) is 38.3 Å². The summed E-state index contributed by atoms with van der Waals surface area (Å²) in [5, 5.41) is 2.91. The van der Waals surface area contributed by atoms with Gasteiger partial charge >= 0.3 is 0 Å². The van der Waals surface area contributed by atoms with Gasteiger partial charge in [0.2, 0.25) is 5.91 Å². The van der Waals surface area contributed by atoms with Crippen LogP contribution in [0.5, 0.6) is 0 Å². The summed E-state index contributed by atoms with van der Waals surface area (Å²) in [7, 11) is 0. The Morgan fingerprint density at radius 1 is 1.22 bits per heavy atom.